The molecular weight excluding hydrogens is 445 g/mol. The average molecular weight is 474 g/mol. The van der Waals surface area contributed by atoms with Gasteiger partial charge in [0, 0.05) is 11.5 Å². The van der Waals surface area contributed by atoms with Crippen LogP contribution < -0.4 is 10.3 Å². The Labute approximate surface area is 192 Å². The van der Waals surface area contributed by atoms with Crippen LogP contribution in [0.5, 0.6) is 11.6 Å². The van der Waals surface area contributed by atoms with Gasteiger partial charge in [-0.1, -0.05) is 25.1 Å². The van der Waals surface area contributed by atoms with Gasteiger partial charge >= 0.3 is 0 Å². The number of ether oxygens (including phenoxy) is 1. The van der Waals surface area contributed by atoms with Gasteiger partial charge in [0.05, 0.1) is 18.1 Å². The predicted octanol–water partition coefficient (Wildman–Crippen LogP) is 4.31. The van der Waals surface area contributed by atoms with E-state index in [4.69, 9.17) is 4.74 Å². The smallest absolute Gasteiger partial charge is 0.251 e. The SMILES string of the molecule is C[C@@H](CS(=O)(=O)CCCc1ccc2c(O)[nH]c(=O)cc2c1)c1ccc(F)c(OCC2CC2)c1. The van der Waals surface area contributed by atoms with Crippen molar-refractivity contribution in [1.82, 2.24) is 4.98 Å². The zero-order valence-electron chi connectivity index (χ0n) is 18.5. The van der Waals surface area contributed by atoms with E-state index in [0.717, 1.165) is 24.0 Å². The second kappa shape index (κ2) is 9.55. The lowest BCUT2D eigenvalue weighted by Crippen LogP contribution is -2.17. The second-order valence-electron chi connectivity index (χ2n) is 8.97. The van der Waals surface area contributed by atoms with Gasteiger partial charge in [0.15, 0.2) is 27.3 Å². The van der Waals surface area contributed by atoms with Crippen molar-refractivity contribution in [2.24, 2.45) is 5.92 Å². The maximum Gasteiger partial charge on any atom is 0.251 e. The molecule has 0 amide bonds. The van der Waals surface area contributed by atoms with Crippen molar-refractivity contribution in [3.63, 3.8) is 0 Å². The molecule has 6 nitrogen and oxygen atoms in total. The van der Waals surface area contributed by atoms with Crippen molar-refractivity contribution in [3.05, 3.63) is 69.8 Å². The number of aryl methyl sites for hydroxylation is 1. The van der Waals surface area contributed by atoms with E-state index in [1.807, 2.05) is 13.0 Å². The van der Waals surface area contributed by atoms with E-state index in [-0.39, 0.29) is 29.1 Å². The highest BCUT2D eigenvalue weighted by atomic mass is 32.2. The molecule has 1 saturated carbocycles. The van der Waals surface area contributed by atoms with Crippen LogP contribution in [0.25, 0.3) is 10.8 Å². The van der Waals surface area contributed by atoms with Crippen LogP contribution in [0.2, 0.25) is 0 Å². The molecule has 2 N–H and O–H groups in total. The average Bonchev–Trinajstić information content (AvgIpc) is 3.56. The molecule has 1 heterocycles. The number of H-pyrrole nitrogens is 1. The highest BCUT2D eigenvalue weighted by molar-refractivity contribution is 7.91. The van der Waals surface area contributed by atoms with E-state index in [1.54, 1.807) is 24.3 Å². The van der Waals surface area contributed by atoms with Crippen LogP contribution in [0.3, 0.4) is 0 Å². The number of hydrogen-bond acceptors (Lipinski definition) is 5. The minimum absolute atomic E-state index is 0.0261. The fraction of sp³-hybridized carbons (Fsp3) is 0.400. The quantitative estimate of drug-likeness (QED) is 0.457. The Balaban J connectivity index is 1.34. The van der Waals surface area contributed by atoms with Crippen molar-refractivity contribution in [3.8, 4) is 11.6 Å². The third-order valence-corrected chi connectivity index (χ3v) is 7.94. The lowest BCUT2D eigenvalue weighted by atomic mass is 10.0. The molecule has 0 bridgehead atoms. The molecule has 2 aromatic carbocycles. The Bertz CT molecular complexity index is 1310. The Morgan fingerprint density at radius 3 is 2.73 bits per heavy atom. The first-order valence-corrected chi connectivity index (χ1v) is 13.0. The third-order valence-electron chi connectivity index (χ3n) is 6.02. The molecule has 0 radical (unpaired) electrons. The fourth-order valence-corrected chi connectivity index (χ4v) is 5.66. The number of pyridine rings is 1. The number of aromatic nitrogens is 1. The molecule has 4 rings (SSSR count). The zero-order valence-corrected chi connectivity index (χ0v) is 19.3. The van der Waals surface area contributed by atoms with Gasteiger partial charge in [-0.05, 0) is 72.2 Å². The lowest BCUT2D eigenvalue weighted by Gasteiger charge is -2.15. The summed E-state index contributed by atoms with van der Waals surface area (Å²) in [5.74, 6) is -0.203. The highest BCUT2D eigenvalue weighted by Crippen LogP contribution is 2.31. The summed E-state index contributed by atoms with van der Waals surface area (Å²) in [5.41, 5.74) is 1.24. The number of nitrogens with one attached hydrogen (secondary N) is 1. The summed E-state index contributed by atoms with van der Waals surface area (Å²) in [6, 6.07) is 11.3. The zero-order chi connectivity index (χ0) is 23.6. The van der Waals surface area contributed by atoms with Crippen molar-refractivity contribution in [1.29, 1.82) is 0 Å². The van der Waals surface area contributed by atoms with Crippen LogP contribution >= 0.6 is 0 Å². The molecule has 0 spiro atoms. The topological polar surface area (TPSA) is 96.5 Å². The van der Waals surface area contributed by atoms with Crippen molar-refractivity contribution >= 4 is 20.6 Å². The molecule has 176 valence electrons. The van der Waals surface area contributed by atoms with E-state index in [1.165, 1.54) is 12.1 Å². The summed E-state index contributed by atoms with van der Waals surface area (Å²) in [7, 11) is -3.32. The van der Waals surface area contributed by atoms with Gasteiger partial charge in [-0.25, -0.2) is 12.8 Å². The molecule has 1 atom stereocenters. The molecule has 1 fully saturated rings. The van der Waals surface area contributed by atoms with Crippen molar-refractivity contribution < 1.29 is 22.7 Å². The van der Waals surface area contributed by atoms with E-state index >= 15 is 0 Å². The van der Waals surface area contributed by atoms with Gasteiger partial charge in [-0.15, -0.1) is 0 Å². The van der Waals surface area contributed by atoms with Crippen molar-refractivity contribution in [2.75, 3.05) is 18.1 Å². The third kappa shape index (κ3) is 6.13. The monoisotopic (exact) mass is 473 g/mol. The summed E-state index contributed by atoms with van der Waals surface area (Å²) < 4.78 is 45.0. The largest absolute Gasteiger partial charge is 0.494 e. The van der Waals surface area contributed by atoms with Gasteiger partial charge in [-0.3, -0.25) is 9.78 Å². The van der Waals surface area contributed by atoms with Crippen molar-refractivity contribution in [2.45, 2.75) is 38.5 Å². The molecule has 3 aromatic rings. The number of benzene rings is 2. The molecule has 1 aliphatic rings. The lowest BCUT2D eigenvalue weighted by molar-refractivity contribution is 0.285. The first kappa shape index (κ1) is 23.3. The van der Waals surface area contributed by atoms with Crippen LogP contribution in [-0.4, -0.2) is 36.6 Å². The molecule has 0 unspecified atom stereocenters. The van der Waals surface area contributed by atoms with Crippen LogP contribution in [0, 0.1) is 11.7 Å². The predicted molar refractivity (Wildman–Crippen MR) is 126 cm³/mol. The van der Waals surface area contributed by atoms with Gasteiger partial charge in [0.1, 0.15) is 0 Å². The Morgan fingerprint density at radius 2 is 1.97 bits per heavy atom. The molecule has 1 aromatic heterocycles. The summed E-state index contributed by atoms with van der Waals surface area (Å²) in [6.07, 6.45) is 3.19. The number of aromatic amines is 1. The Hall–Kier alpha value is -2.87. The van der Waals surface area contributed by atoms with Crippen LogP contribution in [0.15, 0.2) is 47.3 Å². The standard InChI is InChI=1S/C25H28FNO5S/c1-16(19-7-9-22(26)23(12-19)32-14-18-4-5-18)15-33(30,31)10-2-3-17-6-8-21-20(11-17)13-24(28)27-25(21)29/h6-9,11-13,16,18H,2-5,10,14-15H2,1H3,(H2,27,28,29)/t16-/m0/s1. The number of fused-ring (bicyclic) bond motifs is 1. The number of rotatable bonds is 10. The second-order valence-corrected chi connectivity index (χ2v) is 11.2. The summed E-state index contributed by atoms with van der Waals surface area (Å²) in [5, 5.41) is 11.0. The fourth-order valence-electron chi connectivity index (χ4n) is 3.95. The normalized spacial score (nSPS) is 15.0. The number of sulfone groups is 1. The highest BCUT2D eigenvalue weighted by Gasteiger charge is 2.23. The maximum absolute atomic E-state index is 14.0. The number of aromatic hydroxyl groups is 1. The van der Waals surface area contributed by atoms with E-state index in [2.05, 4.69) is 4.98 Å². The molecule has 0 aliphatic heterocycles. The van der Waals surface area contributed by atoms with Crippen LogP contribution in [0.4, 0.5) is 4.39 Å². The Morgan fingerprint density at radius 1 is 1.18 bits per heavy atom. The summed E-state index contributed by atoms with van der Waals surface area (Å²) in [4.78, 5) is 13.9. The van der Waals surface area contributed by atoms with Gasteiger partial charge < -0.3 is 9.84 Å². The van der Waals surface area contributed by atoms with Gasteiger partial charge in [-0.2, -0.15) is 0 Å². The number of halogens is 1. The van der Waals surface area contributed by atoms with Gasteiger partial charge in [0.2, 0.25) is 0 Å². The number of hydrogen-bond donors (Lipinski definition) is 2. The minimum Gasteiger partial charge on any atom is -0.494 e. The first-order chi connectivity index (χ1) is 15.7. The molecule has 1 aliphatic carbocycles. The van der Waals surface area contributed by atoms with Gasteiger partial charge in [0.25, 0.3) is 5.56 Å². The minimum atomic E-state index is -3.32. The summed E-state index contributed by atoms with van der Waals surface area (Å²) >= 11 is 0. The first-order valence-electron chi connectivity index (χ1n) is 11.2. The molecule has 8 heteroatoms. The van der Waals surface area contributed by atoms with Crippen LogP contribution in [0.1, 0.15) is 43.2 Å². The molecular formula is C25H28FNO5S. The summed E-state index contributed by atoms with van der Waals surface area (Å²) in [6.45, 7) is 2.32. The molecule has 33 heavy (non-hydrogen) atoms. The van der Waals surface area contributed by atoms with E-state index < -0.39 is 21.2 Å². The van der Waals surface area contributed by atoms with E-state index in [0.29, 0.717) is 36.1 Å². The van der Waals surface area contributed by atoms with Crippen LogP contribution in [-0.2, 0) is 16.3 Å². The molecule has 0 saturated heterocycles. The Kier molecular flexibility index (Phi) is 6.74. The maximum atomic E-state index is 14.0. The van der Waals surface area contributed by atoms with E-state index in [9.17, 15) is 22.7 Å².